The van der Waals surface area contributed by atoms with Crippen LogP contribution >= 0.6 is 0 Å². The van der Waals surface area contributed by atoms with Gasteiger partial charge < -0.3 is 15.4 Å². The lowest BCUT2D eigenvalue weighted by Crippen LogP contribution is -2.51. The first-order valence-electron chi connectivity index (χ1n) is 5.67. The molecule has 2 N–H and O–H groups in total. The summed E-state index contributed by atoms with van der Waals surface area (Å²) in [7, 11) is 0. The van der Waals surface area contributed by atoms with Crippen LogP contribution in [0.25, 0.3) is 0 Å². The maximum absolute atomic E-state index is 12.4. The molecular formula is C11H14F3N3O. The molecule has 1 aliphatic rings. The third kappa shape index (κ3) is 3.58. The molecule has 0 aromatic carbocycles. The lowest BCUT2D eigenvalue weighted by Gasteiger charge is -2.24. The fraction of sp³-hybridized carbons (Fsp3) is 0.545. The number of ether oxygens (including phenoxy) is 1. The van der Waals surface area contributed by atoms with Crippen molar-refractivity contribution in [2.75, 3.05) is 26.2 Å². The molecule has 0 aliphatic carbocycles. The Kier molecular flexibility index (Phi) is 4.03. The highest BCUT2D eigenvalue weighted by Gasteiger charge is 2.32. The Morgan fingerprint density at radius 3 is 2.83 bits per heavy atom. The zero-order chi connectivity index (χ0) is 13.0. The van der Waals surface area contributed by atoms with Gasteiger partial charge in [0.15, 0.2) is 0 Å². The van der Waals surface area contributed by atoms with Crippen molar-refractivity contribution in [1.82, 2.24) is 15.6 Å². The maximum Gasteiger partial charge on any atom is 0.433 e. The smallest absolute Gasteiger partial charge is 0.433 e. The molecule has 1 aromatic rings. The summed E-state index contributed by atoms with van der Waals surface area (Å²) in [5.41, 5.74) is -0.935. The Morgan fingerprint density at radius 2 is 2.17 bits per heavy atom. The van der Waals surface area contributed by atoms with Crippen LogP contribution in [0.5, 0.6) is 5.88 Å². The van der Waals surface area contributed by atoms with Gasteiger partial charge >= 0.3 is 6.18 Å². The van der Waals surface area contributed by atoms with Crippen LogP contribution < -0.4 is 15.4 Å². The Hall–Kier alpha value is -1.34. The van der Waals surface area contributed by atoms with Crippen molar-refractivity contribution >= 4 is 0 Å². The largest absolute Gasteiger partial charge is 0.476 e. The molecule has 2 heterocycles. The minimum absolute atomic E-state index is 0.00259. The highest BCUT2D eigenvalue weighted by atomic mass is 19.4. The van der Waals surface area contributed by atoms with E-state index in [2.05, 4.69) is 15.6 Å². The third-order valence-electron chi connectivity index (χ3n) is 2.57. The molecule has 0 saturated carbocycles. The summed E-state index contributed by atoms with van der Waals surface area (Å²) in [4.78, 5) is 3.43. The van der Waals surface area contributed by atoms with Gasteiger partial charge in [-0.2, -0.15) is 13.2 Å². The first-order valence-corrected chi connectivity index (χ1v) is 5.67. The van der Waals surface area contributed by atoms with Crippen molar-refractivity contribution in [3.8, 4) is 5.88 Å². The van der Waals surface area contributed by atoms with Crippen molar-refractivity contribution in [1.29, 1.82) is 0 Å². The molecule has 18 heavy (non-hydrogen) atoms. The molecule has 1 fully saturated rings. The molecule has 1 saturated heterocycles. The number of pyridine rings is 1. The Labute approximate surface area is 103 Å². The molecule has 0 bridgehead atoms. The number of hydrogen-bond acceptors (Lipinski definition) is 4. The molecule has 2 rings (SSSR count). The van der Waals surface area contributed by atoms with Crippen LogP contribution in [-0.4, -0.2) is 37.3 Å². The number of alkyl halides is 3. The van der Waals surface area contributed by atoms with E-state index in [1.54, 1.807) is 0 Å². The van der Waals surface area contributed by atoms with Gasteiger partial charge in [0.1, 0.15) is 12.3 Å². The second-order valence-electron chi connectivity index (χ2n) is 4.02. The van der Waals surface area contributed by atoms with E-state index < -0.39 is 11.9 Å². The fourth-order valence-electron chi connectivity index (χ4n) is 1.67. The van der Waals surface area contributed by atoms with Crippen molar-refractivity contribution in [2.45, 2.75) is 12.2 Å². The topological polar surface area (TPSA) is 46.2 Å². The summed E-state index contributed by atoms with van der Waals surface area (Å²) in [6.07, 6.45) is -4.44. The van der Waals surface area contributed by atoms with Crippen LogP contribution in [0, 0.1) is 0 Å². The quantitative estimate of drug-likeness (QED) is 0.853. The lowest BCUT2D eigenvalue weighted by molar-refractivity contribution is -0.141. The predicted molar refractivity (Wildman–Crippen MR) is 59.4 cm³/mol. The zero-order valence-electron chi connectivity index (χ0n) is 9.63. The lowest BCUT2D eigenvalue weighted by atomic mass is 10.2. The van der Waals surface area contributed by atoms with E-state index in [1.807, 2.05) is 0 Å². The van der Waals surface area contributed by atoms with Crippen LogP contribution in [0.4, 0.5) is 13.2 Å². The summed E-state index contributed by atoms with van der Waals surface area (Å²) in [6, 6.07) is 3.73. The zero-order valence-corrected chi connectivity index (χ0v) is 9.63. The standard InChI is InChI=1S/C11H14F3N3O/c12-11(13,14)9-2-1-3-10(17-9)18-7-8-6-15-4-5-16-8/h1-3,8,15-16H,4-7H2/t8-/m0/s1. The average molecular weight is 261 g/mol. The molecule has 1 aromatic heterocycles. The number of nitrogens with one attached hydrogen (secondary N) is 2. The highest BCUT2D eigenvalue weighted by molar-refractivity contribution is 5.17. The normalized spacial score (nSPS) is 20.7. The highest BCUT2D eigenvalue weighted by Crippen LogP contribution is 2.28. The van der Waals surface area contributed by atoms with E-state index >= 15 is 0 Å². The molecule has 1 atom stereocenters. The van der Waals surface area contributed by atoms with Crippen molar-refractivity contribution in [3.63, 3.8) is 0 Å². The number of aromatic nitrogens is 1. The monoisotopic (exact) mass is 261 g/mol. The summed E-state index contributed by atoms with van der Waals surface area (Å²) in [5.74, 6) is -0.00259. The van der Waals surface area contributed by atoms with Crippen LogP contribution in [0.1, 0.15) is 5.69 Å². The Balaban J connectivity index is 1.92. The summed E-state index contributed by atoms with van der Waals surface area (Å²) in [6.45, 7) is 2.74. The number of rotatable bonds is 3. The molecule has 4 nitrogen and oxygen atoms in total. The second kappa shape index (κ2) is 5.53. The minimum Gasteiger partial charge on any atom is -0.476 e. The second-order valence-corrected chi connectivity index (χ2v) is 4.02. The van der Waals surface area contributed by atoms with E-state index in [0.717, 1.165) is 25.7 Å². The van der Waals surface area contributed by atoms with Crippen LogP contribution in [0.3, 0.4) is 0 Å². The van der Waals surface area contributed by atoms with Crippen LogP contribution in [-0.2, 0) is 6.18 Å². The van der Waals surface area contributed by atoms with Crippen LogP contribution in [0.2, 0.25) is 0 Å². The number of nitrogens with zero attached hydrogens (tertiary/aromatic N) is 1. The average Bonchev–Trinajstić information content (AvgIpc) is 2.37. The molecule has 0 spiro atoms. The first-order chi connectivity index (χ1) is 8.55. The fourth-order valence-corrected chi connectivity index (χ4v) is 1.67. The molecule has 1 aliphatic heterocycles. The van der Waals surface area contributed by atoms with E-state index in [-0.39, 0.29) is 11.9 Å². The Morgan fingerprint density at radius 1 is 1.33 bits per heavy atom. The van der Waals surface area contributed by atoms with Crippen molar-refractivity contribution in [2.24, 2.45) is 0 Å². The van der Waals surface area contributed by atoms with E-state index in [9.17, 15) is 13.2 Å². The van der Waals surface area contributed by atoms with Gasteiger partial charge in [0, 0.05) is 25.7 Å². The van der Waals surface area contributed by atoms with Gasteiger partial charge in [-0.15, -0.1) is 0 Å². The van der Waals surface area contributed by atoms with Gasteiger partial charge in [0.05, 0.1) is 6.04 Å². The molecule has 0 unspecified atom stereocenters. The molecule has 0 radical (unpaired) electrons. The van der Waals surface area contributed by atoms with Crippen molar-refractivity contribution in [3.05, 3.63) is 23.9 Å². The van der Waals surface area contributed by atoms with Gasteiger partial charge in [-0.3, -0.25) is 0 Å². The van der Waals surface area contributed by atoms with Gasteiger partial charge in [-0.25, -0.2) is 4.98 Å². The van der Waals surface area contributed by atoms with Gasteiger partial charge in [0.25, 0.3) is 0 Å². The maximum atomic E-state index is 12.4. The third-order valence-corrected chi connectivity index (χ3v) is 2.57. The Bertz CT molecular complexity index is 391. The van der Waals surface area contributed by atoms with Crippen molar-refractivity contribution < 1.29 is 17.9 Å². The van der Waals surface area contributed by atoms with Gasteiger partial charge in [-0.05, 0) is 6.07 Å². The summed E-state index contributed by atoms with van der Waals surface area (Å²) < 4.78 is 42.5. The molecule has 0 amide bonds. The number of halogens is 3. The molecule has 7 heteroatoms. The van der Waals surface area contributed by atoms with E-state index in [0.29, 0.717) is 6.61 Å². The van der Waals surface area contributed by atoms with E-state index in [4.69, 9.17) is 4.74 Å². The number of hydrogen-bond donors (Lipinski definition) is 2. The molecule has 100 valence electrons. The predicted octanol–water partition coefficient (Wildman–Crippen LogP) is 1.04. The van der Waals surface area contributed by atoms with Crippen LogP contribution in [0.15, 0.2) is 18.2 Å². The SMILES string of the molecule is FC(F)(F)c1cccc(OC[C@@H]2CNCCN2)n1. The van der Waals surface area contributed by atoms with Gasteiger partial charge in [0.2, 0.25) is 5.88 Å². The summed E-state index contributed by atoms with van der Waals surface area (Å²) >= 11 is 0. The van der Waals surface area contributed by atoms with E-state index in [1.165, 1.54) is 12.1 Å². The molecular weight excluding hydrogens is 247 g/mol. The number of piperazine rings is 1. The first kappa shape index (κ1) is 13.1. The summed E-state index contributed by atoms with van der Waals surface area (Å²) in [5, 5.41) is 6.36. The van der Waals surface area contributed by atoms with Gasteiger partial charge in [-0.1, -0.05) is 6.07 Å². The minimum atomic E-state index is -4.44.